The van der Waals surface area contributed by atoms with Gasteiger partial charge in [-0.1, -0.05) is 13.8 Å². The van der Waals surface area contributed by atoms with Crippen molar-refractivity contribution in [1.29, 1.82) is 0 Å². The van der Waals surface area contributed by atoms with E-state index in [2.05, 4.69) is 39.8 Å². The van der Waals surface area contributed by atoms with Gasteiger partial charge in [0.05, 0.1) is 11.4 Å². The lowest BCUT2D eigenvalue weighted by atomic mass is 10.2. The summed E-state index contributed by atoms with van der Waals surface area (Å²) in [6.07, 6.45) is 5.63. The summed E-state index contributed by atoms with van der Waals surface area (Å²) in [6, 6.07) is 4.10. The highest BCUT2D eigenvalue weighted by Crippen LogP contribution is 2.10. The van der Waals surface area contributed by atoms with Crippen LogP contribution in [0.1, 0.15) is 25.4 Å². The molecule has 2 aromatic heterocycles. The first-order valence-corrected chi connectivity index (χ1v) is 6.33. The minimum atomic E-state index is 0.657. The lowest BCUT2D eigenvalue weighted by Gasteiger charge is -2.09. The molecule has 1 N–H and O–H groups in total. The Labute approximate surface area is 108 Å². The first kappa shape index (κ1) is 12.8. The Morgan fingerprint density at radius 1 is 1.28 bits per heavy atom. The zero-order chi connectivity index (χ0) is 13.0. The number of hydrogen-bond acceptors (Lipinski definition) is 3. The molecule has 18 heavy (non-hydrogen) atoms. The first-order valence-electron chi connectivity index (χ1n) is 6.33. The van der Waals surface area contributed by atoms with Gasteiger partial charge in [-0.2, -0.15) is 0 Å². The Morgan fingerprint density at radius 3 is 2.78 bits per heavy atom. The molecule has 0 amide bonds. The molecule has 2 aromatic rings. The maximum absolute atomic E-state index is 4.38. The van der Waals surface area contributed by atoms with Crippen LogP contribution < -0.4 is 5.32 Å². The normalized spacial score (nSPS) is 11.1. The molecule has 96 valence electrons. The highest BCUT2D eigenvalue weighted by atomic mass is 15.1. The molecule has 0 saturated heterocycles. The Balaban J connectivity index is 2.08. The second-order valence-corrected chi connectivity index (χ2v) is 4.87. The molecule has 0 spiro atoms. The number of nitrogens with zero attached hydrogens (tertiary/aromatic N) is 3. The average molecular weight is 244 g/mol. The maximum atomic E-state index is 4.38. The number of aromatic nitrogens is 3. The van der Waals surface area contributed by atoms with Crippen LogP contribution in [0.2, 0.25) is 0 Å². The predicted molar refractivity (Wildman–Crippen MR) is 72.6 cm³/mol. The number of hydrogen-bond donors (Lipinski definition) is 1. The Morgan fingerprint density at radius 2 is 2.11 bits per heavy atom. The number of rotatable bonds is 5. The topological polar surface area (TPSA) is 42.7 Å². The minimum Gasteiger partial charge on any atom is -0.311 e. The number of imidazole rings is 1. The third-order valence-corrected chi connectivity index (χ3v) is 2.76. The zero-order valence-corrected chi connectivity index (χ0v) is 11.2. The van der Waals surface area contributed by atoms with Crippen molar-refractivity contribution in [3.05, 3.63) is 42.2 Å². The van der Waals surface area contributed by atoms with Crippen molar-refractivity contribution < 1.29 is 0 Å². The van der Waals surface area contributed by atoms with Gasteiger partial charge in [0.1, 0.15) is 5.82 Å². The Bertz CT molecular complexity index is 502. The maximum Gasteiger partial charge on any atom is 0.110 e. The molecule has 0 bridgehead atoms. The van der Waals surface area contributed by atoms with E-state index in [0.29, 0.717) is 5.92 Å². The lowest BCUT2D eigenvalue weighted by Crippen LogP contribution is -2.19. The highest BCUT2D eigenvalue weighted by molar-refractivity contribution is 5.33. The van der Waals surface area contributed by atoms with E-state index in [1.54, 1.807) is 0 Å². The third-order valence-electron chi connectivity index (χ3n) is 2.76. The largest absolute Gasteiger partial charge is 0.311 e. The predicted octanol–water partition coefficient (Wildman–Crippen LogP) is 2.32. The summed E-state index contributed by atoms with van der Waals surface area (Å²) < 4.78 is 2.06. The lowest BCUT2D eigenvalue weighted by molar-refractivity contribution is 0.548. The molecular formula is C14H20N4. The highest BCUT2D eigenvalue weighted by Gasteiger charge is 2.02. The Hall–Kier alpha value is -1.68. The van der Waals surface area contributed by atoms with Gasteiger partial charge in [0.2, 0.25) is 0 Å². The van der Waals surface area contributed by atoms with Crippen molar-refractivity contribution in [1.82, 2.24) is 19.9 Å². The fourth-order valence-corrected chi connectivity index (χ4v) is 1.85. The summed E-state index contributed by atoms with van der Waals surface area (Å²) >= 11 is 0. The molecule has 4 nitrogen and oxygen atoms in total. The van der Waals surface area contributed by atoms with Gasteiger partial charge in [-0.05, 0) is 31.5 Å². The first-order chi connectivity index (χ1) is 8.66. The number of aryl methyl sites for hydroxylation is 1. The van der Waals surface area contributed by atoms with E-state index >= 15 is 0 Å². The average Bonchev–Trinajstić information content (AvgIpc) is 2.75. The quantitative estimate of drug-likeness (QED) is 0.877. The van der Waals surface area contributed by atoms with E-state index < -0.39 is 0 Å². The van der Waals surface area contributed by atoms with Crippen LogP contribution in [-0.2, 0) is 6.54 Å². The van der Waals surface area contributed by atoms with E-state index in [-0.39, 0.29) is 0 Å². The minimum absolute atomic E-state index is 0.657. The molecular weight excluding hydrogens is 224 g/mol. The van der Waals surface area contributed by atoms with E-state index in [9.17, 15) is 0 Å². The zero-order valence-electron chi connectivity index (χ0n) is 11.2. The Kier molecular flexibility index (Phi) is 4.10. The van der Waals surface area contributed by atoms with Gasteiger partial charge in [-0.3, -0.25) is 4.98 Å². The van der Waals surface area contributed by atoms with Crippen LogP contribution in [0, 0.1) is 12.8 Å². The van der Waals surface area contributed by atoms with E-state index in [1.165, 1.54) is 0 Å². The van der Waals surface area contributed by atoms with Crippen molar-refractivity contribution >= 4 is 0 Å². The molecule has 0 saturated carbocycles. The molecule has 0 aliphatic carbocycles. The van der Waals surface area contributed by atoms with Crippen LogP contribution in [0.5, 0.6) is 0 Å². The van der Waals surface area contributed by atoms with E-state index in [4.69, 9.17) is 0 Å². The van der Waals surface area contributed by atoms with Crippen LogP contribution in [0.15, 0.2) is 30.7 Å². The fourth-order valence-electron chi connectivity index (χ4n) is 1.85. The van der Waals surface area contributed by atoms with Crippen molar-refractivity contribution in [2.75, 3.05) is 6.54 Å². The van der Waals surface area contributed by atoms with Gasteiger partial charge >= 0.3 is 0 Å². The van der Waals surface area contributed by atoms with Crippen molar-refractivity contribution in [2.45, 2.75) is 27.3 Å². The summed E-state index contributed by atoms with van der Waals surface area (Å²) in [5.74, 6) is 1.64. The number of nitrogens with one attached hydrogen (secondary N) is 1. The van der Waals surface area contributed by atoms with Gasteiger partial charge < -0.3 is 9.88 Å². The van der Waals surface area contributed by atoms with Gasteiger partial charge in [-0.25, -0.2) is 4.98 Å². The summed E-state index contributed by atoms with van der Waals surface area (Å²) in [5.41, 5.74) is 2.17. The smallest absolute Gasteiger partial charge is 0.110 e. The molecule has 0 aliphatic heterocycles. The standard InChI is InChI=1S/C14H20N4/c1-11(2)9-15-10-13-8-14(4-5-17-13)18-7-6-16-12(18)3/h4-8,11,15H,9-10H2,1-3H3. The van der Waals surface area contributed by atoms with Crippen LogP contribution in [0.4, 0.5) is 0 Å². The van der Waals surface area contributed by atoms with Gasteiger partial charge in [-0.15, -0.1) is 0 Å². The number of pyridine rings is 1. The second kappa shape index (κ2) is 5.78. The molecule has 4 heteroatoms. The molecule has 0 atom stereocenters. The van der Waals surface area contributed by atoms with E-state index in [1.807, 2.05) is 31.6 Å². The van der Waals surface area contributed by atoms with Crippen molar-refractivity contribution in [3.63, 3.8) is 0 Å². The fraction of sp³-hybridized carbons (Fsp3) is 0.429. The van der Waals surface area contributed by atoms with E-state index in [0.717, 1.165) is 30.3 Å². The second-order valence-electron chi connectivity index (χ2n) is 4.87. The van der Waals surface area contributed by atoms with Gasteiger partial charge in [0.25, 0.3) is 0 Å². The van der Waals surface area contributed by atoms with Gasteiger partial charge in [0.15, 0.2) is 0 Å². The van der Waals surface area contributed by atoms with Crippen LogP contribution in [0.3, 0.4) is 0 Å². The molecule has 0 aliphatic rings. The van der Waals surface area contributed by atoms with Crippen LogP contribution in [0.25, 0.3) is 5.69 Å². The van der Waals surface area contributed by atoms with Gasteiger partial charge in [0, 0.05) is 25.1 Å². The van der Waals surface area contributed by atoms with Crippen molar-refractivity contribution in [2.24, 2.45) is 5.92 Å². The molecule has 0 radical (unpaired) electrons. The SMILES string of the molecule is Cc1nccn1-c1ccnc(CNCC(C)C)c1. The summed E-state index contributed by atoms with van der Waals surface area (Å²) in [4.78, 5) is 8.61. The molecule has 0 aromatic carbocycles. The van der Waals surface area contributed by atoms with Crippen LogP contribution in [-0.4, -0.2) is 21.1 Å². The summed E-state index contributed by atoms with van der Waals surface area (Å²) in [7, 11) is 0. The summed E-state index contributed by atoms with van der Waals surface area (Å²) in [6.45, 7) is 8.21. The molecule has 0 unspecified atom stereocenters. The van der Waals surface area contributed by atoms with Crippen molar-refractivity contribution in [3.8, 4) is 5.69 Å². The van der Waals surface area contributed by atoms with Crippen LogP contribution >= 0.6 is 0 Å². The monoisotopic (exact) mass is 244 g/mol. The third kappa shape index (κ3) is 3.17. The summed E-state index contributed by atoms with van der Waals surface area (Å²) in [5, 5.41) is 3.40. The molecule has 2 rings (SSSR count). The molecule has 2 heterocycles. The molecule has 0 fully saturated rings.